The zero-order valence-electron chi connectivity index (χ0n) is 11.1. The van der Waals surface area contributed by atoms with Crippen LogP contribution >= 0.6 is 0 Å². The van der Waals surface area contributed by atoms with E-state index in [-0.39, 0.29) is 5.56 Å². The van der Waals surface area contributed by atoms with Gasteiger partial charge in [-0.3, -0.25) is 0 Å². The SMILES string of the molecule is O=C(O)c1ccc2c(c1)CCN2Cc1ccc(F)c(F)c1. The van der Waals surface area contributed by atoms with Crippen LogP contribution in [0.3, 0.4) is 0 Å². The smallest absolute Gasteiger partial charge is 0.335 e. The van der Waals surface area contributed by atoms with E-state index in [2.05, 4.69) is 0 Å². The van der Waals surface area contributed by atoms with Crippen molar-refractivity contribution in [3.05, 3.63) is 64.7 Å². The van der Waals surface area contributed by atoms with Crippen molar-refractivity contribution in [1.29, 1.82) is 0 Å². The fraction of sp³-hybridized carbons (Fsp3) is 0.188. The molecule has 0 unspecified atom stereocenters. The Morgan fingerprint density at radius 2 is 1.95 bits per heavy atom. The van der Waals surface area contributed by atoms with Crippen molar-refractivity contribution < 1.29 is 18.7 Å². The highest BCUT2D eigenvalue weighted by Gasteiger charge is 2.20. The van der Waals surface area contributed by atoms with Gasteiger partial charge in [0.1, 0.15) is 0 Å². The van der Waals surface area contributed by atoms with Gasteiger partial charge >= 0.3 is 5.97 Å². The van der Waals surface area contributed by atoms with Gasteiger partial charge in [0.2, 0.25) is 0 Å². The summed E-state index contributed by atoms with van der Waals surface area (Å²) >= 11 is 0. The van der Waals surface area contributed by atoms with Crippen molar-refractivity contribution in [2.45, 2.75) is 13.0 Å². The molecule has 0 aliphatic carbocycles. The van der Waals surface area contributed by atoms with Crippen LogP contribution < -0.4 is 4.90 Å². The lowest BCUT2D eigenvalue weighted by Gasteiger charge is -2.19. The average Bonchev–Trinajstić information content (AvgIpc) is 2.85. The molecular formula is C16H13F2NO2. The Morgan fingerprint density at radius 3 is 2.67 bits per heavy atom. The summed E-state index contributed by atoms with van der Waals surface area (Å²) < 4.78 is 26.2. The van der Waals surface area contributed by atoms with E-state index in [4.69, 9.17) is 5.11 Å². The van der Waals surface area contributed by atoms with Crippen molar-refractivity contribution in [3.8, 4) is 0 Å². The Kier molecular flexibility index (Phi) is 3.33. The van der Waals surface area contributed by atoms with Crippen LogP contribution in [0.25, 0.3) is 0 Å². The van der Waals surface area contributed by atoms with Gasteiger partial charge in [-0.2, -0.15) is 0 Å². The Bertz CT molecular complexity index is 715. The number of anilines is 1. The van der Waals surface area contributed by atoms with Crippen LogP contribution in [0.5, 0.6) is 0 Å². The molecule has 1 aliphatic heterocycles. The van der Waals surface area contributed by atoms with E-state index < -0.39 is 17.6 Å². The summed E-state index contributed by atoms with van der Waals surface area (Å²) in [5, 5.41) is 8.98. The minimum Gasteiger partial charge on any atom is -0.478 e. The molecule has 1 aliphatic rings. The molecule has 1 N–H and O–H groups in total. The summed E-state index contributed by atoms with van der Waals surface area (Å²) in [6.07, 6.45) is 0.750. The number of hydrogen-bond donors (Lipinski definition) is 1. The van der Waals surface area contributed by atoms with E-state index in [0.717, 1.165) is 30.3 Å². The van der Waals surface area contributed by atoms with Crippen LogP contribution in [0.15, 0.2) is 36.4 Å². The van der Waals surface area contributed by atoms with Crippen molar-refractivity contribution in [2.24, 2.45) is 0 Å². The summed E-state index contributed by atoms with van der Waals surface area (Å²) in [5.74, 6) is -2.66. The molecule has 0 fully saturated rings. The van der Waals surface area contributed by atoms with Gasteiger partial charge in [0, 0.05) is 18.8 Å². The van der Waals surface area contributed by atoms with Crippen LogP contribution in [0, 0.1) is 11.6 Å². The molecular weight excluding hydrogens is 276 g/mol. The first-order chi connectivity index (χ1) is 10.0. The van der Waals surface area contributed by atoms with Gasteiger partial charge in [0.25, 0.3) is 0 Å². The lowest BCUT2D eigenvalue weighted by Crippen LogP contribution is -2.19. The largest absolute Gasteiger partial charge is 0.478 e. The number of rotatable bonds is 3. The molecule has 0 bridgehead atoms. The lowest BCUT2D eigenvalue weighted by molar-refractivity contribution is 0.0697. The highest BCUT2D eigenvalue weighted by atomic mass is 19.2. The zero-order valence-corrected chi connectivity index (χ0v) is 11.1. The number of benzene rings is 2. The van der Waals surface area contributed by atoms with E-state index in [9.17, 15) is 13.6 Å². The van der Waals surface area contributed by atoms with Gasteiger partial charge in [-0.05, 0) is 47.9 Å². The molecule has 0 saturated carbocycles. The predicted molar refractivity (Wildman–Crippen MR) is 74.5 cm³/mol. The fourth-order valence-corrected chi connectivity index (χ4v) is 2.63. The van der Waals surface area contributed by atoms with Gasteiger partial charge in [-0.15, -0.1) is 0 Å². The number of fused-ring (bicyclic) bond motifs is 1. The third kappa shape index (κ3) is 2.59. The molecule has 0 aromatic heterocycles. The van der Waals surface area contributed by atoms with Crippen LogP contribution in [0.2, 0.25) is 0 Å². The summed E-state index contributed by atoms with van der Waals surface area (Å²) in [5.41, 5.74) is 2.87. The van der Waals surface area contributed by atoms with E-state index in [1.807, 2.05) is 4.90 Å². The van der Waals surface area contributed by atoms with Crippen molar-refractivity contribution in [1.82, 2.24) is 0 Å². The second-order valence-corrected chi connectivity index (χ2v) is 5.07. The number of hydrogen-bond acceptors (Lipinski definition) is 2. The van der Waals surface area contributed by atoms with E-state index in [1.165, 1.54) is 6.07 Å². The molecule has 2 aromatic carbocycles. The fourth-order valence-electron chi connectivity index (χ4n) is 2.63. The van der Waals surface area contributed by atoms with Crippen LogP contribution in [-0.4, -0.2) is 17.6 Å². The molecule has 0 atom stereocenters. The van der Waals surface area contributed by atoms with Gasteiger partial charge in [0.15, 0.2) is 11.6 Å². The molecule has 0 spiro atoms. The van der Waals surface area contributed by atoms with Crippen LogP contribution in [0.4, 0.5) is 14.5 Å². The van der Waals surface area contributed by atoms with E-state index in [0.29, 0.717) is 12.1 Å². The first kappa shape index (κ1) is 13.5. The third-order valence-electron chi connectivity index (χ3n) is 3.68. The van der Waals surface area contributed by atoms with Gasteiger partial charge < -0.3 is 10.0 Å². The minimum atomic E-state index is -0.947. The Labute approximate surface area is 120 Å². The Balaban J connectivity index is 1.84. The highest BCUT2D eigenvalue weighted by Crippen LogP contribution is 2.30. The number of carbonyl (C=O) groups is 1. The summed E-state index contributed by atoms with van der Waals surface area (Å²) in [7, 11) is 0. The zero-order chi connectivity index (χ0) is 15.0. The van der Waals surface area contributed by atoms with Crippen molar-refractivity contribution in [2.75, 3.05) is 11.4 Å². The van der Waals surface area contributed by atoms with Gasteiger partial charge in [0.05, 0.1) is 5.56 Å². The third-order valence-corrected chi connectivity index (χ3v) is 3.68. The number of aromatic carboxylic acids is 1. The van der Waals surface area contributed by atoms with Crippen LogP contribution in [-0.2, 0) is 13.0 Å². The minimum absolute atomic E-state index is 0.267. The van der Waals surface area contributed by atoms with Crippen molar-refractivity contribution in [3.63, 3.8) is 0 Å². The summed E-state index contributed by atoms with van der Waals surface area (Å²) in [6, 6.07) is 8.87. The summed E-state index contributed by atoms with van der Waals surface area (Å²) in [4.78, 5) is 13.0. The molecule has 1 heterocycles. The molecule has 5 heteroatoms. The summed E-state index contributed by atoms with van der Waals surface area (Å²) in [6.45, 7) is 1.20. The molecule has 3 nitrogen and oxygen atoms in total. The number of carboxylic acids is 1. The normalized spacial score (nSPS) is 13.3. The van der Waals surface area contributed by atoms with E-state index >= 15 is 0 Å². The standard InChI is InChI=1S/C16H13F2NO2/c17-13-3-1-10(7-14(13)18)9-19-6-5-11-8-12(16(20)21)2-4-15(11)19/h1-4,7-8H,5-6,9H2,(H,20,21). The van der Waals surface area contributed by atoms with Gasteiger partial charge in [-0.1, -0.05) is 6.07 Å². The number of carboxylic acid groups (broad SMARTS) is 1. The predicted octanol–water partition coefficient (Wildman–Crippen LogP) is 3.23. The Morgan fingerprint density at radius 1 is 1.14 bits per heavy atom. The molecule has 0 amide bonds. The molecule has 108 valence electrons. The lowest BCUT2D eigenvalue weighted by atomic mass is 10.1. The number of nitrogens with zero attached hydrogens (tertiary/aromatic N) is 1. The maximum absolute atomic E-state index is 13.2. The Hall–Kier alpha value is -2.43. The number of halogens is 2. The molecule has 0 radical (unpaired) electrons. The monoisotopic (exact) mass is 289 g/mol. The first-order valence-corrected chi connectivity index (χ1v) is 6.59. The van der Waals surface area contributed by atoms with Crippen molar-refractivity contribution >= 4 is 11.7 Å². The quantitative estimate of drug-likeness (QED) is 0.943. The second kappa shape index (κ2) is 5.16. The highest BCUT2D eigenvalue weighted by molar-refractivity contribution is 5.88. The maximum Gasteiger partial charge on any atom is 0.335 e. The molecule has 0 saturated heterocycles. The second-order valence-electron chi connectivity index (χ2n) is 5.07. The molecule has 3 rings (SSSR count). The molecule has 2 aromatic rings. The average molecular weight is 289 g/mol. The first-order valence-electron chi connectivity index (χ1n) is 6.59. The van der Waals surface area contributed by atoms with Gasteiger partial charge in [-0.25, -0.2) is 13.6 Å². The molecule has 21 heavy (non-hydrogen) atoms. The topological polar surface area (TPSA) is 40.5 Å². The maximum atomic E-state index is 13.2. The van der Waals surface area contributed by atoms with Crippen LogP contribution in [0.1, 0.15) is 21.5 Å². The van der Waals surface area contributed by atoms with E-state index in [1.54, 1.807) is 24.3 Å².